The summed E-state index contributed by atoms with van der Waals surface area (Å²) in [4.78, 5) is 19.4. The van der Waals surface area contributed by atoms with E-state index in [-0.39, 0.29) is 11.4 Å². The molecule has 3 aliphatic rings. The van der Waals surface area contributed by atoms with Gasteiger partial charge in [0.2, 0.25) is 0 Å². The van der Waals surface area contributed by atoms with Gasteiger partial charge in [-0.2, -0.15) is 5.10 Å². The summed E-state index contributed by atoms with van der Waals surface area (Å²) in [6, 6.07) is 0.622. The van der Waals surface area contributed by atoms with Crippen molar-refractivity contribution in [2.45, 2.75) is 58.3 Å². The Bertz CT molecular complexity index is 743. The molecule has 3 aliphatic heterocycles. The lowest BCUT2D eigenvalue weighted by Crippen LogP contribution is -2.64. The maximum absolute atomic E-state index is 12.6. The lowest BCUT2D eigenvalue weighted by molar-refractivity contribution is 0.0714. The molecule has 156 valence electrons. The molecule has 0 radical (unpaired) electrons. The molecule has 1 aromatic rings. The second kappa shape index (κ2) is 7.43. The molecule has 2 saturated heterocycles. The molecule has 7 nitrogen and oxygen atoms in total. The second-order valence-corrected chi connectivity index (χ2v) is 9.19. The zero-order valence-corrected chi connectivity index (χ0v) is 18.2. The van der Waals surface area contributed by atoms with Gasteiger partial charge in [-0.25, -0.2) is 0 Å². The van der Waals surface area contributed by atoms with Crippen LogP contribution in [-0.4, -0.2) is 88.8 Å². The topological polar surface area (TPSA) is 56.6 Å². The Morgan fingerprint density at radius 2 is 1.96 bits per heavy atom. The van der Waals surface area contributed by atoms with Crippen LogP contribution in [0.2, 0.25) is 0 Å². The van der Waals surface area contributed by atoms with Gasteiger partial charge >= 0.3 is 0 Å². The number of likely N-dealkylation sites (N-methyl/N-ethyl adjacent to an activating group) is 1. The number of fused-ring (bicyclic) bond motifs is 3. The molecule has 1 aromatic heterocycles. The number of hydrogen-bond donors (Lipinski definition) is 1. The number of rotatable bonds is 4. The van der Waals surface area contributed by atoms with Gasteiger partial charge in [-0.05, 0) is 32.9 Å². The van der Waals surface area contributed by atoms with Crippen molar-refractivity contribution >= 4 is 5.91 Å². The molecule has 2 bridgehead atoms. The van der Waals surface area contributed by atoms with E-state index in [0.717, 1.165) is 44.8 Å². The highest BCUT2D eigenvalue weighted by Gasteiger charge is 2.50. The van der Waals surface area contributed by atoms with Gasteiger partial charge < -0.3 is 15.1 Å². The van der Waals surface area contributed by atoms with Gasteiger partial charge in [-0.15, -0.1) is 0 Å². The summed E-state index contributed by atoms with van der Waals surface area (Å²) < 4.78 is 2.15. The molecule has 1 N–H and O–H groups in total. The van der Waals surface area contributed by atoms with Crippen molar-refractivity contribution in [2.24, 2.45) is 5.92 Å². The molecule has 4 heterocycles. The zero-order valence-electron chi connectivity index (χ0n) is 18.2. The number of carbonyl (C=O) groups excluding carboxylic acids is 1. The van der Waals surface area contributed by atoms with Crippen molar-refractivity contribution in [1.29, 1.82) is 0 Å². The monoisotopic (exact) mass is 388 g/mol. The lowest BCUT2D eigenvalue weighted by Gasteiger charge is -2.46. The Balaban J connectivity index is 1.68. The number of amides is 1. The van der Waals surface area contributed by atoms with Crippen LogP contribution < -0.4 is 5.32 Å². The van der Waals surface area contributed by atoms with E-state index >= 15 is 0 Å². The number of carbonyl (C=O) groups is 1. The molecule has 1 unspecified atom stereocenters. The van der Waals surface area contributed by atoms with Crippen molar-refractivity contribution < 1.29 is 4.79 Å². The molecule has 3 atom stereocenters. The number of likely N-dealkylation sites (tertiary alicyclic amines) is 1. The number of aromatic nitrogens is 2. The molecule has 0 aliphatic carbocycles. The first-order valence-electron chi connectivity index (χ1n) is 10.9. The molecular formula is C21H36N6O. The summed E-state index contributed by atoms with van der Waals surface area (Å²) in [6.07, 6.45) is 2.52. The van der Waals surface area contributed by atoms with Crippen LogP contribution in [0.1, 0.15) is 48.4 Å². The Hall–Kier alpha value is -1.44. The number of piperazine rings is 1. The van der Waals surface area contributed by atoms with Crippen LogP contribution >= 0.6 is 0 Å². The van der Waals surface area contributed by atoms with E-state index in [1.165, 1.54) is 25.1 Å². The van der Waals surface area contributed by atoms with Gasteiger partial charge in [-0.3, -0.25) is 14.4 Å². The first-order chi connectivity index (χ1) is 13.4. The van der Waals surface area contributed by atoms with Crippen LogP contribution in [0.25, 0.3) is 0 Å². The summed E-state index contributed by atoms with van der Waals surface area (Å²) in [5, 5.41) is 8.84. The van der Waals surface area contributed by atoms with Crippen molar-refractivity contribution in [1.82, 2.24) is 29.8 Å². The van der Waals surface area contributed by atoms with Gasteiger partial charge in [0.1, 0.15) is 0 Å². The normalized spacial score (nSPS) is 30.9. The first-order valence-corrected chi connectivity index (χ1v) is 10.9. The molecular weight excluding hydrogens is 352 g/mol. The van der Waals surface area contributed by atoms with Gasteiger partial charge in [0.15, 0.2) is 5.69 Å². The van der Waals surface area contributed by atoms with Gasteiger partial charge in [0.05, 0.1) is 5.69 Å². The summed E-state index contributed by atoms with van der Waals surface area (Å²) in [5.41, 5.74) is 3.04. The highest BCUT2D eigenvalue weighted by molar-refractivity contribution is 5.93. The third kappa shape index (κ3) is 3.27. The van der Waals surface area contributed by atoms with E-state index in [0.29, 0.717) is 17.7 Å². The van der Waals surface area contributed by atoms with Crippen LogP contribution in [0.5, 0.6) is 0 Å². The Morgan fingerprint density at radius 1 is 1.21 bits per heavy atom. The average molecular weight is 389 g/mol. The Morgan fingerprint density at radius 3 is 2.64 bits per heavy atom. The largest absolute Gasteiger partial charge is 0.343 e. The molecule has 28 heavy (non-hydrogen) atoms. The standard InChI is InChI=1S/C21H36N6O/c1-6-25-10-16(21-9-8-17(22-21)12-26(7-2)14-21)11-27-18(13-25)15(3)19(23-27)20(28)24(4)5/h16-17,22H,6-14H2,1-5H3/t16?,17-,21+/m0/s1. The third-order valence-corrected chi connectivity index (χ3v) is 7.27. The molecule has 0 spiro atoms. The van der Waals surface area contributed by atoms with E-state index in [4.69, 9.17) is 5.10 Å². The van der Waals surface area contributed by atoms with Gasteiger partial charge in [0, 0.05) is 69.9 Å². The van der Waals surface area contributed by atoms with Gasteiger partial charge in [0.25, 0.3) is 5.91 Å². The maximum Gasteiger partial charge on any atom is 0.274 e. The summed E-state index contributed by atoms with van der Waals surface area (Å²) in [5.74, 6) is 0.499. The molecule has 0 aromatic carbocycles. The quantitative estimate of drug-likeness (QED) is 0.839. The highest BCUT2D eigenvalue weighted by Crippen LogP contribution is 2.38. The van der Waals surface area contributed by atoms with Crippen LogP contribution in [0.4, 0.5) is 0 Å². The molecule has 0 saturated carbocycles. The summed E-state index contributed by atoms with van der Waals surface area (Å²) in [7, 11) is 3.60. The predicted octanol–water partition coefficient (Wildman–Crippen LogP) is 1.17. The van der Waals surface area contributed by atoms with E-state index < -0.39 is 0 Å². The number of nitrogens with zero attached hydrogens (tertiary/aromatic N) is 5. The molecule has 1 amide bonds. The fourth-order valence-electron chi connectivity index (χ4n) is 5.51. The molecule has 7 heteroatoms. The van der Waals surface area contributed by atoms with Crippen LogP contribution in [0, 0.1) is 12.8 Å². The van der Waals surface area contributed by atoms with E-state index in [9.17, 15) is 4.79 Å². The SMILES string of the molecule is CCN1Cc2c(C)c(C(=O)N(C)C)nn2CC([C@@]23CC[C@@H](CN(CC)C2)N3)C1. The second-order valence-electron chi connectivity index (χ2n) is 9.19. The average Bonchev–Trinajstić information content (AvgIpc) is 3.07. The zero-order chi connectivity index (χ0) is 20.1. The highest BCUT2D eigenvalue weighted by atomic mass is 16.2. The fraction of sp³-hybridized carbons (Fsp3) is 0.810. The Labute approximate surface area is 169 Å². The summed E-state index contributed by atoms with van der Waals surface area (Å²) in [6.45, 7) is 13.9. The van der Waals surface area contributed by atoms with Crippen molar-refractivity contribution in [3.63, 3.8) is 0 Å². The molecule has 4 rings (SSSR count). The minimum absolute atomic E-state index is 0.00437. The number of hydrogen-bond acceptors (Lipinski definition) is 5. The summed E-state index contributed by atoms with van der Waals surface area (Å²) >= 11 is 0. The van der Waals surface area contributed by atoms with E-state index in [1.807, 2.05) is 0 Å². The first kappa shape index (κ1) is 19.9. The van der Waals surface area contributed by atoms with Crippen molar-refractivity contribution in [3.8, 4) is 0 Å². The van der Waals surface area contributed by atoms with Crippen molar-refractivity contribution in [2.75, 3.05) is 46.8 Å². The minimum atomic E-state index is 0.00437. The maximum atomic E-state index is 12.6. The fourth-order valence-corrected chi connectivity index (χ4v) is 5.51. The number of nitrogens with one attached hydrogen (secondary N) is 1. The minimum Gasteiger partial charge on any atom is -0.343 e. The molecule has 2 fully saturated rings. The van der Waals surface area contributed by atoms with E-state index in [2.05, 4.69) is 40.6 Å². The lowest BCUT2D eigenvalue weighted by atomic mass is 9.81. The van der Waals surface area contributed by atoms with Crippen LogP contribution in [0.3, 0.4) is 0 Å². The van der Waals surface area contributed by atoms with E-state index in [1.54, 1.807) is 19.0 Å². The third-order valence-electron chi connectivity index (χ3n) is 7.27. The smallest absolute Gasteiger partial charge is 0.274 e. The van der Waals surface area contributed by atoms with Gasteiger partial charge in [-0.1, -0.05) is 13.8 Å². The van der Waals surface area contributed by atoms with Crippen molar-refractivity contribution in [3.05, 3.63) is 17.0 Å². The van der Waals surface area contributed by atoms with Crippen LogP contribution in [-0.2, 0) is 13.1 Å². The van der Waals surface area contributed by atoms with Crippen LogP contribution in [0.15, 0.2) is 0 Å². The Kier molecular flexibility index (Phi) is 5.27. The predicted molar refractivity (Wildman–Crippen MR) is 110 cm³/mol.